The number of nitrogens with one attached hydrogen (secondary N) is 1. The van der Waals surface area contributed by atoms with Crippen LogP contribution in [-0.2, 0) is 6.54 Å². The number of hydrogen-bond donors (Lipinski definition) is 1. The van der Waals surface area contributed by atoms with Gasteiger partial charge >= 0.3 is 0 Å². The maximum atomic E-state index is 11.4. The van der Waals surface area contributed by atoms with Crippen molar-refractivity contribution in [3.63, 3.8) is 0 Å². The topological polar surface area (TPSA) is 34.0 Å². The normalized spacial score (nSPS) is 10.1. The number of pyridine rings is 1. The minimum absolute atomic E-state index is 0.0606. The zero-order valence-electron chi connectivity index (χ0n) is 8.49. The Labute approximate surface area is 84.1 Å². The van der Waals surface area contributed by atoms with E-state index in [1.165, 1.54) is 0 Å². The molecule has 1 rings (SSSR count). The van der Waals surface area contributed by atoms with E-state index in [1.54, 1.807) is 22.8 Å². The van der Waals surface area contributed by atoms with E-state index >= 15 is 0 Å². The minimum atomic E-state index is 0.0606. The fourth-order valence-corrected chi connectivity index (χ4v) is 1.30. The minimum Gasteiger partial charge on any atom is -0.312 e. The highest BCUT2D eigenvalue weighted by Gasteiger charge is 1.97. The molecule has 3 nitrogen and oxygen atoms in total. The monoisotopic (exact) mass is 192 g/mol. The lowest BCUT2D eigenvalue weighted by molar-refractivity contribution is 0.597. The van der Waals surface area contributed by atoms with Gasteiger partial charge in [-0.3, -0.25) is 4.79 Å². The van der Waals surface area contributed by atoms with E-state index in [4.69, 9.17) is 0 Å². The van der Waals surface area contributed by atoms with Gasteiger partial charge in [0.25, 0.3) is 5.56 Å². The Kier molecular flexibility index (Phi) is 4.13. The van der Waals surface area contributed by atoms with Gasteiger partial charge in [0, 0.05) is 31.4 Å². The van der Waals surface area contributed by atoms with Crippen LogP contribution in [-0.4, -0.2) is 17.7 Å². The number of aromatic nitrogens is 1. The van der Waals surface area contributed by atoms with Crippen LogP contribution in [0.1, 0.15) is 5.69 Å². The van der Waals surface area contributed by atoms with Crippen molar-refractivity contribution >= 4 is 0 Å². The molecule has 0 unspecified atom stereocenters. The Hall–Kier alpha value is -1.35. The number of aryl methyl sites for hydroxylation is 1. The predicted octanol–water partition coefficient (Wildman–Crippen LogP) is 0.932. The molecule has 1 heterocycles. The quantitative estimate of drug-likeness (QED) is 0.556. The van der Waals surface area contributed by atoms with Crippen molar-refractivity contribution in [3.05, 3.63) is 46.9 Å². The van der Waals surface area contributed by atoms with Crippen LogP contribution in [0, 0.1) is 6.92 Å². The Morgan fingerprint density at radius 1 is 1.57 bits per heavy atom. The first-order valence-electron chi connectivity index (χ1n) is 4.74. The molecule has 14 heavy (non-hydrogen) atoms. The molecule has 0 saturated carbocycles. The van der Waals surface area contributed by atoms with Crippen molar-refractivity contribution in [1.82, 2.24) is 9.88 Å². The Morgan fingerprint density at radius 3 is 3.00 bits per heavy atom. The molecule has 0 aromatic carbocycles. The summed E-state index contributed by atoms with van der Waals surface area (Å²) < 4.78 is 1.76. The van der Waals surface area contributed by atoms with Crippen LogP contribution >= 0.6 is 0 Å². The average molecular weight is 192 g/mol. The van der Waals surface area contributed by atoms with Crippen LogP contribution in [0.5, 0.6) is 0 Å². The average Bonchev–Trinajstić information content (AvgIpc) is 2.16. The zero-order valence-corrected chi connectivity index (χ0v) is 8.49. The van der Waals surface area contributed by atoms with E-state index < -0.39 is 0 Å². The smallest absolute Gasteiger partial charge is 0.250 e. The molecular weight excluding hydrogens is 176 g/mol. The second-order valence-electron chi connectivity index (χ2n) is 3.15. The molecule has 0 bridgehead atoms. The van der Waals surface area contributed by atoms with Crippen LogP contribution in [0.25, 0.3) is 0 Å². The maximum Gasteiger partial charge on any atom is 0.250 e. The summed E-state index contributed by atoms with van der Waals surface area (Å²) in [4.78, 5) is 11.4. The molecule has 0 fully saturated rings. The SMILES string of the molecule is C=CCNCCn1c(C)cccc1=O. The standard InChI is InChI=1S/C11H16N2O/c1-3-7-12-8-9-13-10(2)5-4-6-11(13)14/h3-6,12H,1,7-9H2,2H3. The summed E-state index contributed by atoms with van der Waals surface area (Å²) >= 11 is 0. The zero-order chi connectivity index (χ0) is 10.4. The van der Waals surface area contributed by atoms with Crippen LogP contribution in [0.2, 0.25) is 0 Å². The Morgan fingerprint density at radius 2 is 2.36 bits per heavy atom. The summed E-state index contributed by atoms with van der Waals surface area (Å²) in [5.41, 5.74) is 1.06. The first-order valence-corrected chi connectivity index (χ1v) is 4.74. The van der Waals surface area contributed by atoms with E-state index in [9.17, 15) is 4.79 Å². The predicted molar refractivity (Wildman–Crippen MR) is 58.5 cm³/mol. The fraction of sp³-hybridized carbons (Fsp3) is 0.364. The number of rotatable bonds is 5. The number of hydrogen-bond acceptors (Lipinski definition) is 2. The molecule has 1 aromatic heterocycles. The van der Waals surface area contributed by atoms with Crippen molar-refractivity contribution < 1.29 is 0 Å². The van der Waals surface area contributed by atoms with Crippen LogP contribution in [0.15, 0.2) is 35.6 Å². The van der Waals surface area contributed by atoms with Gasteiger partial charge in [0.2, 0.25) is 0 Å². The molecular formula is C11H16N2O. The van der Waals surface area contributed by atoms with Gasteiger partial charge in [-0.25, -0.2) is 0 Å². The summed E-state index contributed by atoms with van der Waals surface area (Å²) in [6, 6.07) is 5.31. The van der Waals surface area contributed by atoms with Gasteiger partial charge in [0.15, 0.2) is 0 Å². The third-order valence-electron chi connectivity index (χ3n) is 2.07. The van der Waals surface area contributed by atoms with Crippen LogP contribution < -0.4 is 10.9 Å². The van der Waals surface area contributed by atoms with Crippen molar-refractivity contribution in [1.29, 1.82) is 0 Å². The van der Waals surface area contributed by atoms with Gasteiger partial charge in [0.05, 0.1) is 0 Å². The van der Waals surface area contributed by atoms with E-state index in [0.29, 0.717) is 6.54 Å². The summed E-state index contributed by atoms with van der Waals surface area (Å²) in [5, 5.41) is 3.16. The molecule has 0 radical (unpaired) electrons. The van der Waals surface area contributed by atoms with E-state index in [0.717, 1.165) is 18.8 Å². The lowest BCUT2D eigenvalue weighted by atomic mass is 10.3. The molecule has 0 saturated heterocycles. The summed E-state index contributed by atoms with van der Waals surface area (Å²) in [6.45, 7) is 7.82. The summed E-state index contributed by atoms with van der Waals surface area (Å²) in [5.74, 6) is 0. The largest absolute Gasteiger partial charge is 0.312 e. The van der Waals surface area contributed by atoms with Crippen molar-refractivity contribution in [2.75, 3.05) is 13.1 Å². The molecule has 0 aliphatic rings. The molecule has 1 N–H and O–H groups in total. The van der Waals surface area contributed by atoms with Crippen LogP contribution in [0.3, 0.4) is 0 Å². The third-order valence-corrected chi connectivity index (χ3v) is 2.07. The Bertz CT molecular complexity index is 355. The van der Waals surface area contributed by atoms with Crippen LogP contribution in [0.4, 0.5) is 0 Å². The molecule has 1 aromatic rings. The molecule has 76 valence electrons. The molecule has 0 aliphatic heterocycles. The fourth-order valence-electron chi connectivity index (χ4n) is 1.30. The van der Waals surface area contributed by atoms with E-state index in [2.05, 4.69) is 11.9 Å². The van der Waals surface area contributed by atoms with Gasteiger partial charge in [-0.15, -0.1) is 6.58 Å². The molecule has 3 heteroatoms. The van der Waals surface area contributed by atoms with E-state index in [1.807, 2.05) is 13.0 Å². The second-order valence-corrected chi connectivity index (χ2v) is 3.15. The first kappa shape index (κ1) is 10.7. The summed E-state index contributed by atoms with van der Waals surface area (Å²) in [6.07, 6.45) is 1.81. The van der Waals surface area contributed by atoms with Gasteiger partial charge in [-0.1, -0.05) is 12.1 Å². The lowest BCUT2D eigenvalue weighted by Gasteiger charge is -2.08. The first-order chi connectivity index (χ1) is 6.75. The van der Waals surface area contributed by atoms with Gasteiger partial charge < -0.3 is 9.88 Å². The lowest BCUT2D eigenvalue weighted by Crippen LogP contribution is -2.27. The third kappa shape index (κ3) is 2.85. The second kappa shape index (κ2) is 5.40. The summed E-state index contributed by atoms with van der Waals surface area (Å²) in [7, 11) is 0. The maximum absolute atomic E-state index is 11.4. The van der Waals surface area contributed by atoms with Crippen molar-refractivity contribution in [2.45, 2.75) is 13.5 Å². The van der Waals surface area contributed by atoms with Crippen molar-refractivity contribution in [2.24, 2.45) is 0 Å². The van der Waals surface area contributed by atoms with Gasteiger partial charge in [0.1, 0.15) is 0 Å². The number of nitrogens with zero attached hydrogens (tertiary/aromatic N) is 1. The van der Waals surface area contributed by atoms with Crippen molar-refractivity contribution in [3.8, 4) is 0 Å². The highest BCUT2D eigenvalue weighted by atomic mass is 16.1. The molecule has 0 aliphatic carbocycles. The molecule has 0 spiro atoms. The molecule has 0 atom stereocenters. The highest BCUT2D eigenvalue weighted by Crippen LogP contribution is 1.91. The Balaban J connectivity index is 2.58. The molecule has 0 amide bonds. The highest BCUT2D eigenvalue weighted by molar-refractivity contribution is 5.04. The van der Waals surface area contributed by atoms with Gasteiger partial charge in [-0.05, 0) is 13.0 Å². The van der Waals surface area contributed by atoms with Gasteiger partial charge in [-0.2, -0.15) is 0 Å². The van der Waals surface area contributed by atoms with E-state index in [-0.39, 0.29) is 5.56 Å².